The van der Waals surface area contributed by atoms with E-state index in [0.717, 1.165) is 27.2 Å². The zero-order chi connectivity index (χ0) is 20.8. The number of rotatable bonds is 5. The van der Waals surface area contributed by atoms with Crippen LogP contribution in [0.2, 0.25) is 0 Å². The summed E-state index contributed by atoms with van der Waals surface area (Å²) in [5, 5.41) is 7.02. The Hall–Kier alpha value is -3.34. The molecular formula is C18H20N8O2S. The first-order valence-electron chi connectivity index (χ1n) is 8.92. The molecule has 0 spiro atoms. The van der Waals surface area contributed by atoms with Crippen LogP contribution in [0.1, 0.15) is 25.7 Å². The van der Waals surface area contributed by atoms with Gasteiger partial charge in [0.15, 0.2) is 5.82 Å². The molecule has 0 saturated heterocycles. The number of pyridine rings is 1. The average Bonchev–Trinajstić information content (AvgIpc) is 3.25. The Labute approximate surface area is 167 Å². The fourth-order valence-electron chi connectivity index (χ4n) is 3.14. The summed E-state index contributed by atoms with van der Waals surface area (Å²) in [7, 11) is -3.46. The number of hydrogen-bond acceptors (Lipinski definition) is 8. The lowest BCUT2D eigenvalue weighted by Gasteiger charge is -2.11. The maximum atomic E-state index is 11.6. The highest BCUT2D eigenvalue weighted by Gasteiger charge is 2.13. The first kappa shape index (κ1) is 19.0. The Balaban J connectivity index is 1.66. The zero-order valence-electron chi connectivity index (χ0n) is 16.4. The van der Waals surface area contributed by atoms with Crippen molar-refractivity contribution in [1.29, 1.82) is 0 Å². The van der Waals surface area contributed by atoms with E-state index in [0.29, 0.717) is 23.0 Å². The number of anilines is 2. The predicted molar refractivity (Wildman–Crippen MR) is 109 cm³/mol. The van der Waals surface area contributed by atoms with Crippen molar-refractivity contribution in [3.63, 3.8) is 0 Å². The number of fused-ring (bicyclic) bond motifs is 1. The lowest BCUT2D eigenvalue weighted by Crippen LogP contribution is -2.09. The Morgan fingerprint density at radius 3 is 2.59 bits per heavy atom. The first-order chi connectivity index (χ1) is 13.7. The standard InChI is InChI=1S/C18H20N8O2S/c1-11(2)26-12(3)22-14-9-20-17(7-15(14)26)23-16-5-6-19-18(24-16)13-8-21-25(10-13)29(4,27)28/h5-11H,1-4H3,(H,19,20,23,24). The molecule has 0 aromatic carbocycles. The Morgan fingerprint density at radius 1 is 1.10 bits per heavy atom. The van der Waals surface area contributed by atoms with Gasteiger partial charge in [-0.15, -0.1) is 0 Å². The molecule has 0 radical (unpaired) electrons. The van der Waals surface area contributed by atoms with E-state index in [1.54, 1.807) is 18.5 Å². The summed E-state index contributed by atoms with van der Waals surface area (Å²) in [6.45, 7) is 6.19. The summed E-state index contributed by atoms with van der Waals surface area (Å²) in [5.74, 6) is 2.44. The Morgan fingerprint density at radius 2 is 1.90 bits per heavy atom. The molecule has 10 nitrogen and oxygen atoms in total. The van der Waals surface area contributed by atoms with Crippen LogP contribution in [0.5, 0.6) is 0 Å². The quantitative estimate of drug-likeness (QED) is 0.531. The maximum Gasteiger partial charge on any atom is 0.250 e. The molecule has 4 aromatic rings. The molecular weight excluding hydrogens is 392 g/mol. The predicted octanol–water partition coefficient (Wildman–Crippen LogP) is 2.53. The number of aryl methyl sites for hydroxylation is 1. The lowest BCUT2D eigenvalue weighted by molar-refractivity contribution is 0.586. The monoisotopic (exact) mass is 412 g/mol. The van der Waals surface area contributed by atoms with E-state index in [9.17, 15) is 8.42 Å². The lowest BCUT2D eigenvalue weighted by atomic mass is 10.3. The number of nitrogens with one attached hydrogen (secondary N) is 1. The van der Waals surface area contributed by atoms with Crippen LogP contribution in [-0.4, -0.2) is 48.4 Å². The summed E-state index contributed by atoms with van der Waals surface area (Å²) in [5.41, 5.74) is 2.31. The van der Waals surface area contributed by atoms with Crippen molar-refractivity contribution in [2.45, 2.75) is 26.8 Å². The van der Waals surface area contributed by atoms with Crippen molar-refractivity contribution in [3.8, 4) is 11.4 Å². The summed E-state index contributed by atoms with van der Waals surface area (Å²) in [6.07, 6.45) is 7.18. The fourth-order valence-corrected chi connectivity index (χ4v) is 3.66. The number of nitrogens with zero attached hydrogens (tertiary/aromatic N) is 7. The van der Waals surface area contributed by atoms with Gasteiger partial charge in [0.25, 0.3) is 10.0 Å². The molecule has 0 aliphatic heterocycles. The second kappa shape index (κ2) is 6.92. The molecule has 4 heterocycles. The van der Waals surface area contributed by atoms with Crippen LogP contribution in [0.4, 0.5) is 11.6 Å². The van der Waals surface area contributed by atoms with Crippen molar-refractivity contribution < 1.29 is 8.42 Å². The smallest absolute Gasteiger partial charge is 0.250 e. The average molecular weight is 412 g/mol. The van der Waals surface area contributed by atoms with E-state index < -0.39 is 10.0 Å². The van der Waals surface area contributed by atoms with E-state index in [2.05, 4.69) is 48.8 Å². The molecule has 0 fully saturated rings. The van der Waals surface area contributed by atoms with Gasteiger partial charge in [-0.1, -0.05) is 0 Å². The molecule has 29 heavy (non-hydrogen) atoms. The Bertz CT molecular complexity index is 1310. The second-order valence-corrected chi connectivity index (χ2v) is 8.78. The summed E-state index contributed by atoms with van der Waals surface area (Å²) in [6, 6.07) is 3.91. The van der Waals surface area contributed by atoms with Gasteiger partial charge in [0.05, 0.1) is 35.9 Å². The van der Waals surface area contributed by atoms with Gasteiger partial charge in [-0.3, -0.25) is 0 Å². The van der Waals surface area contributed by atoms with E-state index in [4.69, 9.17) is 0 Å². The molecule has 150 valence electrons. The molecule has 0 atom stereocenters. The zero-order valence-corrected chi connectivity index (χ0v) is 17.2. The van der Waals surface area contributed by atoms with Crippen LogP contribution in [0.25, 0.3) is 22.4 Å². The van der Waals surface area contributed by atoms with Crippen LogP contribution >= 0.6 is 0 Å². The van der Waals surface area contributed by atoms with Crippen LogP contribution in [0, 0.1) is 6.92 Å². The van der Waals surface area contributed by atoms with Crippen LogP contribution in [-0.2, 0) is 10.0 Å². The summed E-state index contributed by atoms with van der Waals surface area (Å²) in [4.78, 5) is 17.6. The number of hydrogen-bond donors (Lipinski definition) is 1. The van der Waals surface area contributed by atoms with E-state index in [1.807, 2.05) is 13.0 Å². The number of aromatic nitrogens is 7. The van der Waals surface area contributed by atoms with Crippen LogP contribution < -0.4 is 5.32 Å². The number of imidazole rings is 1. The van der Waals surface area contributed by atoms with Gasteiger partial charge in [0.1, 0.15) is 23.0 Å². The van der Waals surface area contributed by atoms with Gasteiger partial charge in [0.2, 0.25) is 0 Å². The summed E-state index contributed by atoms with van der Waals surface area (Å²) >= 11 is 0. The van der Waals surface area contributed by atoms with Crippen molar-refractivity contribution in [3.05, 3.63) is 42.7 Å². The molecule has 1 N–H and O–H groups in total. The fraction of sp³-hybridized carbons (Fsp3) is 0.278. The van der Waals surface area contributed by atoms with E-state index in [1.165, 1.54) is 12.4 Å². The van der Waals surface area contributed by atoms with Gasteiger partial charge in [-0.05, 0) is 26.8 Å². The molecule has 4 aromatic heterocycles. The van der Waals surface area contributed by atoms with Crippen molar-refractivity contribution >= 4 is 32.7 Å². The van der Waals surface area contributed by atoms with Gasteiger partial charge in [0, 0.05) is 18.3 Å². The minimum Gasteiger partial charge on any atom is -0.326 e. The summed E-state index contributed by atoms with van der Waals surface area (Å²) < 4.78 is 26.2. The van der Waals surface area contributed by atoms with Crippen LogP contribution in [0.15, 0.2) is 36.9 Å². The molecule has 0 saturated carbocycles. The highest BCUT2D eigenvalue weighted by atomic mass is 32.2. The highest BCUT2D eigenvalue weighted by Crippen LogP contribution is 2.24. The van der Waals surface area contributed by atoms with Gasteiger partial charge in [-0.25, -0.2) is 28.4 Å². The van der Waals surface area contributed by atoms with E-state index in [-0.39, 0.29) is 6.04 Å². The molecule has 0 bridgehead atoms. The molecule has 0 aliphatic rings. The minimum atomic E-state index is -3.46. The molecule has 4 rings (SSSR count). The van der Waals surface area contributed by atoms with Crippen LogP contribution in [0.3, 0.4) is 0 Å². The molecule has 0 amide bonds. The Kier molecular flexibility index (Phi) is 4.53. The normalized spacial score (nSPS) is 12.0. The second-order valence-electron chi connectivity index (χ2n) is 6.94. The highest BCUT2D eigenvalue weighted by molar-refractivity contribution is 7.89. The van der Waals surface area contributed by atoms with Crippen molar-refractivity contribution in [1.82, 2.24) is 33.7 Å². The van der Waals surface area contributed by atoms with E-state index >= 15 is 0 Å². The van der Waals surface area contributed by atoms with Crippen molar-refractivity contribution in [2.75, 3.05) is 11.6 Å². The third-order valence-corrected chi connectivity index (χ3v) is 5.22. The minimum absolute atomic E-state index is 0.271. The van der Waals surface area contributed by atoms with Gasteiger partial charge >= 0.3 is 0 Å². The largest absolute Gasteiger partial charge is 0.326 e. The van der Waals surface area contributed by atoms with Gasteiger partial charge in [-0.2, -0.15) is 9.19 Å². The molecule has 0 aliphatic carbocycles. The SMILES string of the molecule is Cc1nc2cnc(Nc3ccnc(-c4cnn(S(C)(=O)=O)c4)n3)cc2n1C(C)C. The van der Waals surface area contributed by atoms with Crippen molar-refractivity contribution in [2.24, 2.45) is 0 Å². The van der Waals surface area contributed by atoms with Gasteiger partial charge < -0.3 is 9.88 Å². The topological polar surface area (TPSA) is 120 Å². The third kappa shape index (κ3) is 3.68. The maximum absolute atomic E-state index is 11.6. The third-order valence-electron chi connectivity index (χ3n) is 4.34. The molecule has 11 heteroatoms. The molecule has 0 unspecified atom stereocenters. The first-order valence-corrected chi connectivity index (χ1v) is 10.8.